The molecule has 3 rings (SSSR count). The molecule has 2 aromatic rings. The number of anilines is 1. The predicted molar refractivity (Wildman–Crippen MR) is 87.6 cm³/mol. The standard InChI is InChI=1S/C18H19N3O2/c22-17(20-12-15-6-3-4-10-19-15)9-8-14-11-13-5-1-2-7-16(13)21-18(14)23/h1-7,10,14H,8-9,11-12H2,(H,20,22)(H,21,23). The van der Waals surface area contributed by atoms with Crippen molar-refractivity contribution in [2.75, 3.05) is 5.32 Å². The minimum absolute atomic E-state index is 0.00114. The number of hydrogen-bond donors (Lipinski definition) is 2. The third-order valence-corrected chi connectivity index (χ3v) is 4.03. The summed E-state index contributed by atoms with van der Waals surface area (Å²) in [6.07, 6.45) is 3.28. The third kappa shape index (κ3) is 3.94. The Balaban J connectivity index is 1.48. The summed E-state index contributed by atoms with van der Waals surface area (Å²) in [6, 6.07) is 13.4. The lowest BCUT2D eigenvalue weighted by Gasteiger charge is -2.24. The topological polar surface area (TPSA) is 71.1 Å². The van der Waals surface area contributed by atoms with Crippen LogP contribution in [0.5, 0.6) is 0 Å². The molecule has 1 aliphatic heterocycles. The summed E-state index contributed by atoms with van der Waals surface area (Å²) >= 11 is 0. The number of carbonyl (C=O) groups excluding carboxylic acids is 2. The highest BCUT2D eigenvalue weighted by atomic mass is 16.2. The fourth-order valence-corrected chi connectivity index (χ4v) is 2.73. The summed E-state index contributed by atoms with van der Waals surface area (Å²) in [6.45, 7) is 0.416. The summed E-state index contributed by atoms with van der Waals surface area (Å²) in [7, 11) is 0. The summed E-state index contributed by atoms with van der Waals surface area (Å²) in [5.74, 6) is -0.200. The third-order valence-electron chi connectivity index (χ3n) is 4.03. The smallest absolute Gasteiger partial charge is 0.227 e. The van der Waals surface area contributed by atoms with Crippen LogP contribution in [0.25, 0.3) is 0 Å². The summed E-state index contributed by atoms with van der Waals surface area (Å²) in [4.78, 5) is 28.2. The highest BCUT2D eigenvalue weighted by Gasteiger charge is 2.26. The van der Waals surface area contributed by atoms with E-state index in [0.29, 0.717) is 25.8 Å². The molecule has 2 N–H and O–H groups in total. The molecule has 1 aromatic heterocycles. The number of pyridine rings is 1. The van der Waals surface area contributed by atoms with Gasteiger partial charge in [-0.05, 0) is 36.6 Å². The lowest BCUT2D eigenvalue weighted by molar-refractivity contribution is -0.123. The maximum Gasteiger partial charge on any atom is 0.227 e. The van der Waals surface area contributed by atoms with Gasteiger partial charge in [-0.3, -0.25) is 14.6 Å². The highest BCUT2D eigenvalue weighted by Crippen LogP contribution is 2.27. The zero-order chi connectivity index (χ0) is 16.1. The van der Waals surface area contributed by atoms with Gasteiger partial charge in [0.25, 0.3) is 0 Å². The van der Waals surface area contributed by atoms with Crippen LogP contribution in [0.3, 0.4) is 0 Å². The Morgan fingerprint density at radius 3 is 2.87 bits per heavy atom. The first-order valence-electron chi connectivity index (χ1n) is 7.78. The van der Waals surface area contributed by atoms with Crippen LogP contribution in [0.1, 0.15) is 24.1 Å². The van der Waals surface area contributed by atoms with Crippen LogP contribution in [0, 0.1) is 5.92 Å². The predicted octanol–water partition coefficient (Wildman–Crippen LogP) is 2.29. The van der Waals surface area contributed by atoms with E-state index in [0.717, 1.165) is 16.9 Å². The van der Waals surface area contributed by atoms with Gasteiger partial charge in [0.15, 0.2) is 0 Å². The molecular weight excluding hydrogens is 290 g/mol. The lowest BCUT2D eigenvalue weighted by Crippen LogP contribution is -2.31. The van der Waals surface area contributed by atoms with E-state index in [1.807, 2.05) is 42.5 Å². The van der Waals surface area contributed by atoms with Crippen molar-refractivity contribution in [3.63, 3.8) is 0 Å². The molecule has 0 saturated heterocycles. The van der Waals surface area contributed by atoms with Crippen LogP contribution in [0.4, 0.5) is 5.69 Å². The Bertz CT molecular complexity index is 700. The summed E-state index contributed by atoms with van der Waals surface area (Å²) in [5.41, 5.74) is 2.84. The first kappa shape index (κ1) is 15.2. The molecule has 1 unspecified atom stereocenters. The molecule has 1 aliphatic rings. The van der Waals surface area contributed by atoms with Gasteiger partial charge in [0.05, 0.1) is 12.2 Å². The molecule has 0 radical (unpaired) electrons. The van der Waals surface area contributed by atoms with Gasteiger partial charge in [-0.15, -0.1) is 0 Å². The molecule has 2 amide bonds. The van der Waals surface area contributed by atoms with Crippen LogP contribution in [0.2, 0.25) is 0 Å². The molecule has 23 heavy (non-hydrogen) atoms. The van der Waals surface area contributed by atoms with Crippen molar-refractivity contribution in [2.45, 2.75) is 25.8 Å². The van der Waals surface area contributed by atoms with Gasteiger partial charge in [-0.1, -0.05) is 24.3 Å². The van der Waals surface area contributed by atoms with Crippen molar-refractivity contribution in [1.82, 2.24) is 10.3 Å². The van der Waals surface area contributed by atoms with Crippen molar-refractivity contribution in [3.8, 4) is 0 Å². The van der Waals surface area contributed by atoms with Gasteiger partial charge < -0.3 is 10.6 Å². The Morgan fingerprint density at radius 2 is 2.04 bits per heavy atom. The fraction of sp³-hybridized carbons (Fsp3) is 0.278. The molecule has 0 spiro atoms. The summed E-state index contributed by atoms with van der Waals surface area (Å²) < 4.78 is 0. The Morgan fingerprint density at radius 1 is 1.22 bits per heavy atom. The zero-order valence-electron chi connectivity index (χ0n) is 12.8. The van der Waals surface area contributed by atoms with Crippen LogP contribution < -0.4 is 10.6 Å². The maximum atomic E-state index is 12.1. The first-order chi connectivity index (χ1) is 11.2. The minimum Gasteiger partial charge on any atom is -0.350 e. The number of carbonyl (C=O) groups is 2. The average molecular weight is 309 g/mol. The number of aromatic nitrogens is 1. The molecule has 5 heteroatoms. The van der Waals surface area contributed by atoms with Crippen molar-refractivity contribution in [1.29, 1.82) is 0 Å². The van der Waals surface area contributed by atoms with Crippen molar-refractivity contribution < 1.29 is 9.59 Å². The number of nitrogens with zero attached hydrogens (tertiary/aromatic N) is 1. The van der Waals surface area contributed by atoms with E-state index in [4.69, 9.17) is 0 Å². The number of benzene rings is 1. The Hall–Kier alpha value is -2.69. The van der Waals surface area contributed by atoms with Gasteiger partial charge in [0.1, 0.15) is 0 Å². The van der Waals surface area contributed by atoms with E-state index >= 15 is 0 Å². The molecule has 0 fully saturated rings. The largest absolute Gasteiger partial charge is 0.350 e. The Kier molecular flexibility index (Phi) is 4.66. The van der Waals surface area contributed by atoms with Gasteiger partial charge >= 0.3 is 0 Å². The van der Waals surface area contributed by atoms with Crippen LogP contribution in [0.15, 0.2) is 48.7 Å². The Labute approximate surface area is 135 Å². The summed E-state index contributed by atoms with van der Waals surface area (Å²) in [5, 5.41) is 5.75. The van der Waals surface area contributed by atoms with Crippen molar-refractivity contribution in [3.05, 3.63) is 59.9 Å². The fourth-order valence-electron chi connectivity index (χ4n) is 2.73. The number of nitrogens with one attached hydrogen (secondary N) is 2. The molecule has 0 saturated carbocycles. The first-order valence-corrected chi connectivity index (χ1v) is 7.78. The van der Waals surface area contributed by atoms with Gasteiger partial charge in [-0.25, -0.2) is 0 Å². The lowest BCUT2D eigenvalue weighted by atomic mass is 9.89. The van der Waals surface area contributed by atoms with Gasteiger partial charge in [0.2, 0.25) is 11.8 Å². The molecule has 0 aliphatic carbocycles. The van der Waals surface area contributed by atoms with Crippen LogP contribution in [-0.2, 0) is 22.6 Å². The molecule has 0 bridgehead atoms. The number of para-hydroxylation sites is 1. The van der Waals surface area contributed by atoms with E-state index < -0.39 is 0 Å². The number of fused-ring (bicyclic) bond motifs is 1. The highest BCUT2D eigenvalue weighted by molar-refractivity contribution is 5.96. The van der Waals surface area contributed by atoms with E-state index in [2.05, 4.69) is 15.6 Å². The number of rotatable bonds is 5. The van der Waals surface area contributed by atoms with Crippen molar-refractivity contribution in [2.24, 2.45) is 5.92 Å². The second-order valence-corrected chi connectivity index (χ2v) is 5.68. The monoisotopic (exact) mass is 309 g/mol. The second-order valence-electron chi connectivity index (χ2n) is 5.68. The van der Waals surface area contributed by atoms with Crippen LogP contribution in [-0.4, -0.2) is 16.8 Å². The van der Waals surface area contributed by atoms with E-state index in [1.165, 1.54) is 0 Å². The van der Waals surface area contributed by atoms with Crippen molar-refractivity contribution >= 4 is 17.5 Å². The second kappa shape index (κ2) is 7.05. The van der Waals surface area contributed by atoms with E-state index in [-0.39, 0.29) is 17.7 Å². The normalized spacial score (nSPS) is 16.3. The molecule has 2 heterocycles. The van der Waals surface area contributed by atoms with Gasteiger partial charge in [0, 0.05) is 24.2 Å². The molecular formula is C18H19N3O2. The van der Waals surface area contributed by atoms with Crippen LogP contribution >= 0.6 is 0 Å². The molecule has 1 atom stereocenters. The zero-order valence-corrected chi connectivity index (χ0v) is 12.8. The van der Waals surface area contributed by atoms with E-state index in [1.54, 1.807) is 6.20 Å². The number of hydrogen-bond acceptors (Lipinski definition) is 3. The quantitative estimate of drug-likeness (QED) is 0.890. The SMILES string of the molecule is O=C(CCC1Cc2ccccc2NC1=O)NCc1ccccn1. The molecule has 1 aromatic carbocycles. The van der Waals surface area contributed by atoms with Gasteiger partial charge in [-0.2, -0.15) is 0 Å². The maximum absolute atomic E-state index is 12.1. The molecule has 5 nitrogen and oxygen atoms in total. The average Bonchev–Trinajstić information content (AvgIpc) is 2.59. The molecule has 118 valence electrons. The minimum atomic E-state index is -0.148. The van der Waals surface area contributed by atoms with E-state index in [9.17, 15) is 9.59 Å². The number of amides is 2.